The van der Waals surface area contributed by atoms with Gasteiger partial charge < -0.3 is 9.47 Å². The van der Waals surface area contributed by atoms with Gasteiger partial charge >= 0.3 is 0 Å². The number of fused-ring (bicyclic) bond motifs is 2. The standard InChI is InChI=1S/C19H17ClN6/c1-24-7-6-16-18(24)19(22-12-21-16)25-8-9-26-15(11-25)10-17(23-26)13-2-4-14(20)5-3-13/h2-7,10,12H,8-9,11H2,1H3. The summed E-state index contributed by atoms with van der Waals surface area (Å²) in [6.45, 7) is 2.47. The first-order valence-corrected chi connectivity index (χ1v) is 8.90. The van der Waals surface area contributed by atoms with Gasteiger partial charge in [-0.25, -0.2) is 9.97 Å². The average Bonchev–Trinajstić information content (AvgIpc) is 3.25. The van der Waals surface area contributed by atoms with Crippen molar-refractivity contribution < 1.29 is 0 Å². The van der Waals surface area contributed by atoms with Crippen molar-refractivity contribution in [1.29, 1.82) is 0 Å². The second-order valence-electron chi connectivity index (χ2n) is 6.53. The highest BCUT2D eigenvalue weighted by molar-refractivity contribution is 6.30. The van der Waals surface area contributed by atoms with Gasteiger partial charge in [-0.05, 0) is 24.3 Å². The highest BCUT2D eigenvalue weighted by atomic mass is 35.5. The lowest BCUT2D eigenvalue weighted by Gasteiger charge is -2.29. The van der Waals surface area contributed by atoms with Gasteiger partial charge in [0, 0.05) is 30.4 Å². The van der Waals surface area contributed by atoms with Crippen LogP contribution in [0.25, 0.3) is 22.3 Å². The smallest absolute Gasteiger partial charge is 0.157 e. The van der Waals surface area contributed by atoms with E-state index in [0.717, 1.165) is 52.8 Å². The molecule has 5 rings (SSSR count). The summed E-state index contributed by atoms with van der Waals surface area (Å²) in [6.07, 6.45) is 3.67. The third-order valence-electron chi connectivity index (χ3n) is 4.88. The molecule has 1 aliphatic heterocycles. The third kappa shape index (κ3) is 2.45. The Hall–Kier alpha value is -2.86. The van der Waals surface area contributed by atoms with Gasteiger partial charge in [0.05, 0.1) is 30.0 Å². The monoisotopic (exact) mass is 364 g/mol. The van der Waals surface area contributed by atoms with Gasteiger partial charge in [0.2, 0.25) is 0 Å². The molecule has 0 aliphatic carbocycles. The van der Waals surface area contributed by atoms with Gasteiger partial charge in [0.1, 0.15) is 11.8 Å². The number of halogens is 1. The molecule has 4 heterocycles. The molecule has 0 amide bonds. The van der Waals surface area contributed by atoms with Gasteiger partial charge in [-0.3, -0.25) is 4.68 Å². The Morgan fingerprint density at radius 1 is 1.04 bits per heavy atom. The molecule has 7 heteroatoms. The molecule has 3 aromatic heterocycles. The minimum atomic E-state index is 0.735. The summed E-state index contributed by atoms with van der Waals surface area (Å²) in [4.78, 5) is 11.2. The number of hydrogen-bond acceptors (Lipinski definition) is 4. The Labute approximate surface area is 155 Å². The maximum absolute atomic E-state index is 5.99. The molecule has 26 heavy (non-hydrogen) atoms. The van der Waals surface area contributed by atoms with Crippen LogP contribution in [0.1, 0.15) is 5.69 Å². The predicted molar refractivity (Wildman–Crippen MR) is 102 cm³/mol. The molecule has 6 nitrogen and oxygen atoms in total. The van der Waals surface area contributed by atoms with Crippen molar-refractivity contribution in [3.8, 4) is 11.3 Å². The lowest BCUT2D eigenvalue weighted by Crippen LogP contribution is -2.34. The van der Waals surface area contributed by atoms with Crippen LogP contribution in [0.5, 0.6) is 0 Å². The van der Waals surface area contributed by atoms with Crippen LogP contribution in [0.3, 0.4) is 0 Å². The third-order valence-corrected chi connectivity index (χ3v) is 5.13. The van der Waals surface area contributed by atoms with E-state index in [0.29, 0.717) is 0 Å². The van der Waals surface area contributed by atoms with E-state index in [2.05, 4.69) is 30.2 Å². The molecule has 130 valence electrons. The van der Waals surface area contributed by atoms with Gasteiger partial charge in [0.15, 0.2) is 5.82 Å². The molecule has 0 saturated heterocycles. The molecular weight excluding hydrogens is 348 g/mol. The Morgan fingerprint density at radius 2 is 1.88 bits per heavy atom. The van der Waals surface area contributed by atoms with Crippen LogP contribution in [0, 0.1) is 0 Å². The first kappa shape index (κ1) is 15.4. The largest absolute Gasteiger partial charge is 0.347 e. The van der Waals surface area contributed by atoms with E-state index in [1.54, 1.807) is 6.33 Å². The summed E-state index contributed by atoms with van der Waals surface area (Å²) in [7, 11) is 2.03. The van der Waals surface area contributed by atoms with Crippen LogP contribution in [0.2, 0.25) is 5.02 Å². The molecule has 0 fully saturated rings. The molecular formula is C19H17ClN6. The number of nitrogens with zero attached hydrogens (tertiary/aromatic N) is 6. The van der Waals surface area contributed by atoms with Crippen molar-refractivity contribution in [2.24, 2.45) is 7.05 Å². The number of rotatable bonds is 2. The van der Waals surface area contributed by atoms with Crippen molar-refractivity contribution >= 4 is 28.5 Å². The van der Waals surface area contributed by atoms with Crippen LogP contribution >= 0.6 is 11.6 Å². The second kappa shape index (κ2) is 5.85. The summed E-state index contributed by atoms with van der Waals surface area (Å²) in [6, 6.07) is 12.0. The molecule has 0 spiro atoms. The van der Waals surface area contributed by atoms with Crippen molar-refractivity contribution in [3.05, 3.63) is 59.6 Å². The second-order valence-corrected chi connectivity index (χ2v) is 6.97. The van der Waals surface area contributed by atoms with Gasteiger partial charge in [-0.2, -0.15) is 5.10 Å². The highest BCUT2D eigenvalue weighted by Crippen LogP contribution is 2.28. The maximum Gasteiger partial charge on any atom is 0.157 e. The molecule has 1 aromatic carbocycles. The molecule has 0 bridgehead atoms. The quantitative estimate of drug-likeness (QED) is 0.546. The number of hydrogen-bond donors (Lipinski definition) is 0. The fraction of sp³-hybridized carbons (Fsp3) is 0.211. The van der Waals surface area contributed by atoms with Gasteiger partial charge in [0.25, 0.3) is 0 Å². The van der Waals surface area contributed by atoms with Gasteiger partial charge in [-0.15, -0.1) is 0 Å². The predicted octanol–water partition coefficient (Wildman–Crippen LogP) is 3.51. The molecule has 0 atom stereocenters. The molecule has 1 aliphatic rings. The Morgan fingerprint density at radius 3 is 2.73 bits per heavy atom. The Kier molecular flexibility index (Phi) is 3.46. The van der Waals surface area contributed by atoms with E-state index in [1.807, 2.05) is 43.6 Å². The van der Waals surface area contributed by atoms with E-state index < -0.39 is 0 Å². The van der Waals surface area contributed by atoms with Crippen molar-refractivity contribution in [2.45, 2.75) is 13.1 Å². The summed E-state index contributed by atoms with van der Waals surface area (Å²) in [5.41, 5.74) is 5.28. The van der Waals surface area contributed by atoms with E-state index in [9.17, 15) is 0 Å². The maximum atomic E-state index is 5.99. The molecule has 0 radical (unpaired) electrons. The molecule has 0 N–H and O–H groups in total. The molecule has 0 saturated carbocycles. The van der Waals surface area contributed by atoms with E-state index in [-0.39, 0.29) is 0 Å². The van der Waals surface area contributed by atoms with Crippen LogP contribution < -0.4 is 4.90 Å². The van der Waals surface area contributed by atoms with Gasteiger partial charge in [-0.1, -0.05) is 23.7 Å². The summed E-state index contributed by atoms with van der Waals surface area (Å²) in [5, 5.41) is 5.49. The minimum absolute atomic E-state index is 0.735. The van der Waals surface area contributed by atoms with Crippen LogP contribution in [-0.2, 0) is 20.1 Å². The molecule has 4 aromatic rings. The zero-order chi connectivity index (χ0) is 17.7. The normalized spacial score (nSPS) is 14.0. The van der Waals surface area contributed by atoms with Crippen LogP contribution in [0.15, 0.2) is 48.9 Å². The van der Waals surface area contributed by atoms with Crippen molar-refractivity contribution in [2.75, 3.05) is 11.4 Å². The lowest BCUT2D eigenvalue weighted by atomic mass is 10.1. The summed E-state index contributed by atoms with van der Waals surface area (Å²) >= 11 is 5.99. The van der Waals surface area contributed by atoms with Crippen LogP contribution in [-0.4, -0.2) is 30.9 Å². The fourth-order valence-electron chi connectivity index (χ4n) is 3.54. The zero-order valence-electron chi connectivity index (χ0n) is 14.3. The van der Waals surface area contributed by atoms with Crippen LogP contribution in [0.4, 0.5) is 5.82 Å². The average molecular weight is 365 g/mol. The van der Waals surface area contributed by atoms with E-state index in [4.69, 9.17) is 16.7 Å². The SMILES string of the molecule is Cn1ccc2ncnc(N3CCn4nc(-c5ccc(Cl)cc5)cc4C3)c21. The number of aromatic nitrogens is 5. The van der Waals surface area contributed by atoms with E-state index >= 15 is 0 Å². The zero-order valence-corrected chi connectivity index (χ0v) is 15.1. The van der Waals surface area contributed by atoms with E-state index in [1.165, 1.54) is 5.69 Å². The Balaban J connectivity index is 1.50. The fourth-order valence-corrected chi connectivity index (χ4v) is 3.67. The number of anilines is 1. The summed E-state index contributed by atoms with van der Waals surface area (Å²) < 4.78 is 4.17. The number of aryl methyl sites for hydroxylation is 1. The van der Waals surface area contributed by atoms with Crippen molar-refractivity contribution in [3.63, 3.8) is 0 Å². The minimum Gasteiger partial charge on any atom is -0.347 e. The first-order chi connectivity index (χ1) is 12.7. The first-order valence-electron chi connectivity index (χ1n) is 8.53. The number of benzene rings is 1. The topological polar surface area (TPSA) is 51.8 Å². The lowest BCUT2D eigenvalue weighted by molar-refractivity contribution is 0.518. The molecule has 0 unspecified atom stereocenters. The van der Waals surface area contributed by atoms with Crippen molar-refractivity contribution in [1.82, 2.24) is 24.3 Å². The summed E-state index contributed by atoms with van der Waals surface area (Å²) in [5.74, 6) is 0.975. The Bertz CT molecular complexity index is 1100. The highest BCUT2D eigenvalue weighted by Gasteiger charge is 2.22.